The van der Waals surface area contributed by atoms with E-state index in [1.807, 2.05) is 19.1 Å². The molecule has 1 unspecified atom stereocenters. The van der Waals surface area contributed by atoms with Crippen molar-refractivity contribution in [3.8, 4) is 16.9 Å². The van der Waals surface area contributed by atoms with Gasteiger partial charge in [-0.15, -0.1) is 10.2 Å². The lowest BCUT2D eigenvalue weighted by Crippen LogP contribution is -2.51. The number of hydrogen-bond acceptors (Lipinski definition) is 5. The van der Waals surface area contributed by atoms with Gasteiger partial charge in [0, 0.05) is 43.0 Å². The van der Waals surface area contributed by atoms with Crippen molar-refractivity contribution in [1.29, 1.82) is 0 Å². The van der Waals surface area contributed by atoms with Gasteiger partial charge in [-0.05, 0) is 50.1 Å². The summed E-state index contributed by atoms with van der Waals surface area (Å²) in [5.74, 6) is 1.05. The van der Waals surface area contributed by atoms with Crippen LogP contribution in [0.1, 0.15) is 45.6 Å². The van der Waals surface area contributed by atoms with Crippen LogP contribution in [0.15, 0.2) is 53.5 Å². The SMILES string of the molecule is C=C/C(=N\N=C(/C)N1CCN2CCCC2C1)c1ccc(-c2cn[nH]c2)cc1O.CCC. The van der Waals surface area contributed by atoms with Crippen molar-refractivity contribution in [2.45, 2.75) is 46.1 Å². The molecule has 7 nitrogen and oxygen atoms in total. The van der Waals surface area contributed by atoms with Gasteiger partial charge in [0.2, 0.25) is 0 Å². The number of H-pyrrole nitrogens is 1. The van der Waals surface area contributed by atoms with Crippen LogP contribution in [0.2, 0.25) is 0 Å². The van der Waals surface area contributed by atoms with Gasteiger partial charge in [0.05, 0.1) is 11.9 Å². The van der Waals surface area contributed by atoms with Gasteiger partial charge >= 0.3 is 0 Å². The first-order chi connectivity index (χ1) is 15.1. The molecule has 0 radical (unpaired) electrons. The van der Waals surface area contributed by atoms with Crippen LogP contribution in [0.25, 0.3) is 11.1 Å². The van der Waals surface area contributed by atoms with Crippen LogP contribution in [0, 0.1) is 0 Å². The number of piperazine rings is 1. The lowest BCUT2D eigenvalue weighted by molar-refractivity contribution is 0.151. The van der Waals surface area contributed by atoms with Gasteiger partial charge < -0.3 is 10.0 Å². The molecule has 0 bridgehead atoms. The summed E-state index contributed by atoms with van der Waals surface area (Å²) in [7, 11) is 0. The van der Waals surface area contributed by atoms with Crippen molar-refractivity contribution in [3.63, 3.8) is 0 Å². The Hall–Kier alpha value is -2.93. The van der Waals surface area contributed by atoms with E-state index in [0.29, 0.717) is 17.3 Å². The molecule has 3 heterocycles. The molecule has 4 rings (SSSR count). The summed E-state index contributed by atoms with van der Waals surface area (Å²) >= 11 is 0. The fraction of sp³-hybridized carbons (Fsp3) is 0.458. The topological polar surface area (TPSA) is 80.1 Å². The average molecular weight is 423 g/mol. The number of allylic oxidation sites excluding steroid dienone is 1. The minimum atomic E-state index is 0.143. The van der Waals surface area contributed by atoms with Crippen molar-refractivity contribution >= 4 is 11.5 Å². The Balaban J connectivity index is 0.000000858. The zero-order chi connectivity index (χ0) is 22.2. The summed E-state index contributed by atoms with van der Waals surface area (Å²) in [6, 6.07) is 6.10. The summed E-state index contributed by atoms with van der Waals surface area (Å²) in [5.41, 5.74) is 2.96. The van der Waals surface area contributed by atoms with Crippen LogP contribution in [-0.2, 0) is 0 Å². The quantitative estimate of drug-likeness (QED) is 0.438. The molecule has 0 saturated carbocycles. The number of aromatic hydroxyl groups is 1. The van der Waals surface area contributed by atoms with Crippen molar-refractivity contribution < 1.29 is 5.11 Å². The number of phenols is 1. The number of aromatic nitrogens is 2. The summed E-state index contributed by atoms with van der Waals surface area (Å²) in [6.45, 7) is 14.4. The van der Waals surface area contributed by atoms with E-state index in [4.69, 9.17) is 0 Å². The maximum absolute atomic E-state index is 10.5. The van der Waals surface area contributed by atoms with Crippen molar-refractivity contribution in [2.24, 2.45) is 10.2 Å². The number of phenolic OH excluding ortho intramolecular Hbond substituents is 1. The molecular weight excluding hydrogens is 388 g/mol. The Morgan fingerprint density at radius 1 is 1.26 bits per heavy atom. The molecule has 0 aliphatic carbocycles. The molecule has 2 aliphatic heterocycles. The number of rotatable bonds is 4. The van der Waals surface area contributed by atoms with Crippen LogP contribution in [0.3, 0.4) is 0 Å². The van der Waals surface area contributed by atoms with Crippen LogP contribution in [0.5, 0.6) is 5.75 Å². The van der Waals surface area contributed by atoms with Crippen molar-refractivity contribution in [3.05, 3.63) is 48.8 Å². The summed E-state index contributed by atoms with van der Waals surface area (Å²) < 4.78 is 0. The maximum atomic E-state index is 10.5. The summed E-state index contributed by atoms with van der Waals surface area (Å²) in [6.07, 6.45) is 8.94. The van der Waals surface area contributed by atoms with E-state index < -0.39 is 0 Å². The Morgan fingerprint density at radius 3 is 2.74 bits per heavy atom. The average Bonchev–Trinajstić information content (AvgIpc) is 3.47. The van der Waals surface area contributed by atoms with Crippen molar-refractivity contribution in [1.82, 2.24) is 20.0 Å². The molecule has 2 fully saturated rings. The fourth-order valence-corrected chi connectivity index (χ4v) is 4.02. The van der Waals surface area contributed by atoms with E-state index in [0.717, 1.165) is 36.6 Å². The molecule has 2 saturated heterocycles. The lowest BCUT2D eigenvalue weighted by atomic mass is 10.0. The molecule has 31 heavy (non-hydrogen) atoms. The van der Waals surface area contributed by atoms with Gasteiger partial charge in [-0.2, -0.15) is 5.10 Å². The first-order valence-electron chi connectivity index (χ1n) is 11.1. The van der Waals surface area contributed by atoms with Gasteiger partial charge in [0.15, 0.2) is 0 Å². The molecule has 2 N–H and O–H groups in total. The zero-order valence-corrected chi connectivity index (χ0v) is 18.9. The zero-order valence-electron chi connectivity index (χ0n) is 18.9. The second-order valence-electron chi connectivity index (χ2n) is 8.04. The highest BCUT2D eigenvalue weighted by atomic mass is 16.3. The highest BCUT2D eigenvalue weighted by Crippen LogP contribution is 2.27. The fourth-order valence-electron chi connectivity index (χ4n) is 4.02. The van der Waals surface area contributed by atoms with Gasteiger partial charge in [0.25, 0.3) is 0 Å². The monoisotopic (exact) mass is 422 g/mol. The summed E-state index contributed by atoms with van der Waals surface area (Å²) in [4.78, 5) is 4.88. The first kappa shape index (κ1) is 22.7. The molecular formula is C24H34N6O. The Kier molecular flexibility index (Phi) is 8.00. The normalized spacial score (nSPS) is 19.6. The van der Waals surface area contributed by atoms with E-state index >= 15 is 0 Å². The minimum Gasteiger partial charge on any atom is -0.507 e. The molecule has 1 atom stereocenters. The van der Waals surface area contributed by atoms with Crippen LogP contribution < -0.4 is 0 Å². The van der Waals surface area contributed by atoms with Crippen LogP contribution in [-0.4, -0.2) is 68.9 Å². The Labute approximate surface area is 185 Å². The summed E-state index contributed by atoms with van der Waals surface area (Å²) in [5, 5.41) is 26.0. The molecule has 7 heteroatoms. The van der Waals surface area contributed by atoms with Gasteiger partial charge in [-0.25, -0.2) is 0 Å². The Bertz CT molecular complexity index is 918. The number of benzene rings is 1. The Morgan fingerprint density at radius 2 is 2.06 bits per heavy atom. The number of fused-ring (bicyclic) bond motifs is 1. The first-order valence-corrected chi connectivity index (χ1v) is 11.1. The molecule has 0 amide bonds. The smallest absolute Gasteiger partial charge is 0.125 e. The second kappa shape index (κ2) is 10.9. The third kappa shape index (κ3) is 5.61. The minimum absolute atomic E-state index is 0.143. The van der Waals surface area contributed by atoms with E-state index in [2.05, 4.69) is 50.6 Å². The van der Waals surface area contributed by atoms with Crippen LogP contribution >= 0.6 is 0 Å². The molecule has 2 aromatic rings. The van der Waals surface area contributed by atoms with Crippen LogP contribution in [0.4, 0.5) is 0 Å². The van der Waals surface area contributed by atoms with Crippen molar-refractivity contribution in [2.75, 3.05) is 26.2 Å². The van der Waals surface area contributed by atoms with E-state index in [-0.39, 0.29) is 5.75 Å². The van der Waals surface area contributed by atoms with Gasteiger partial charge in [-0.1, -0.05) is 32.9 Å². The van der Waals surface area contributed by atoms with E-state index in [9.17, 15) is 5.11 Å². The predicted molar refractivity (Wildman–Crippen MR) is 128 cm³/mol. The maximum Gasteiger partial charge on any atom is 0.125 e. The van der Waals surface area contributed by atoms with E-state index in [1.54, 1.807) is 24.5 Å². The number of nitrogens with one attached hydrogen (secondary N) is 1. The molecule has 1 aromatic carbocycles. The number of hydrogen-bond donors (Lipinski definition) is 2. The number of aromatic amines is 1. The highest BCUT2D eigenvalue weighted by molar-refractivity contribution is 6.10. The lowest BCUT2D eigenvalue weighted by Gasteiger charge is -2.38. The largest absolute Gasteiger partial charge is 0.507 e. The van der Waals surface area contributed by atoms with Gasteiger partial charge in [0.1, 0.15) is 11.6 Å². The molecule has 0 spiro atoms. The standard InChI is InChI=1S/C21H26N6O.C3H8/c1-3-20(19-7-6-16(11-21(19)28)17-12-22-23-13-17)25-24-15(2)27-10-9-26-8-4-5-18(26)14-27;1-3-2/h3,6-7,11-13,18,28H,1,4-5,8-10,14H2,2H3,(H,22,23);3H2,1-2H3/b24-15+,25-20+;. The third-order valence-electron chi connectivity index (χ3n) is 5.65. The predicted octanol–water partition coefficient (Wildman–Crippen LogP) is 4.29. The third-order valence-corrected chi connectivity index (χ3v) is 5.65. The second-order valence-corrected chi connectivity index (χ2v) is 8.04. The highest BCUT2D eigenvalue weighted by Gasteiger charge is 2.30. The van der Waals surface area contributed by atoms with Gasteiger partial charge in [-0.3, -0.25) is 10.00 Å². The number of nitrogens with zero attached hydrogens (tertiary/aromatic N) is 5. The molecule has 2 aliphatic rings. The molecule has 166 valence electrons. The van der Waals surface area contributed by atoms with E-state index in [1.165, 1.54) is 25.8 Å². The number of amidine groups is 1. The molecule has 1 aromatic heterocycles.